The second kappa shape index (κ2) is 6.83. The maximum Gasteiger partial charge on any atom is 0.0410 e. The van der Waals surface area contributed by atoms with Crippen molar-refractivity contribution in [1.29, 1.82) is 0 Å². The van der Waals surface area contributed by atoms with Crippen molar-refractivity contribution in [3.63, 3.8) is 0 Å². The van der Waals surface area contributed by atoms with Crippen molar-refractivity contribution in [2.75, 3.05) is 0 Å². The normalized spacial score (nSPS) is 10.9. The Balaban J connectivity index is 1.85. The van der Waals surface area contributed by atoms with Gasteiger partial charge in [0.25, 0.3) is 0 Å². The third-order valence-electron chi connectivity index (χ3n) is 3.07. The Morgan fingerprint density at radius 2 is 1.74 bits per heavy atom. The Kier molecular flexibility index (Phi) is 5.11. The van der Waals surface area contributed by atoms with E-state index in [1.807, 2.05) is 6.20 Å². The van der Waals surface area contributed by atoms with Gasteiger partial charge in [-0.2, -0.15) is 0 Å². The molecule has 0 aliphatic heterocycles. The predicted octanol–water partition coefficient (Wildman–Crippen LogP) is 4.26. The van der Waals surface area contributed by atoms with E-state index in [-0.39, 0.29) is 0 Å². The molecule has 0 aliphatic carbocycles. The van der Waals surface area contributed by atoms with Gasteiger partial charge in [-0.3, -0.25) is 4.98 Å². The highest BCUT2D eigenvalue weighted by molar-refractivity contribution is 9.10. The summed E-state index contributed by atoms with van der Waals surface area (Å²) in [6.45, 7) is 6.14. The topological polar surface area (TPSA) is 24.9 Å². The van der Waals surface area contributed by atoms with Gasteiger partial charge < -0.3 is 5.32 Å². The SMILES string of the molecule is CC(C)c1ccc(CNCc2cncc(Br)c2)cc1. The average Bonchev–Trinajstić information content (AvgIpc) is 2.39. The van der Waals surface area contributed by atoms with E-state index in [1.165, 1.54) is 16.7 Å². The van der Waals surface area contributed by atoms with Crippen LogP contribution in [0.25, 0.3) is 0 Å². The van der Waals surface area contributed by atoms with Crippen molar-refractivity contribution in [1.82, 2.24) is 10.3 Å². The highest BCUT2D eigenvalue weighted by atomic mass is 79.9. The third kappa shape index (κ3) is 4.44. The van der Waals surface area contributed by atoms with Gasteiger partial charge in [0, 0.05) is 30.0 Å². The summed E-state index contributed by atoms with van der Waals surface area (Å²) in [4.78, 5) is 4.15. The molecule has 0 bridgehead atoms. The summed E-state index contributed by atoms with van der Waals surface area (Å²) in [6.07, 6.45) is 3.69. The molecule has 2 aromatic rings. The Morgan fingerprint density at radius 3 is 2.37 bits per heavy atom. The minimum Gasteiger partial charge on any atom is -0.309 e. The van der Waals surface area contributed by atoms with E-state index in [0.29, 0.717) is 5.92 Å². The molecule has 0 spiro atoms. The summed E-state index contributed by atoms with van der Waals surface area (Å²) in [5.74, 6) is 0.592. The van der Waals surface area contributed by atoms with Gasteiger partial charge in [-0.25, -0.2) is 0 Å². The fourth-order valence-electron chi connectivity index (χ4n) is 1.92. The monoisotopic (exact) mass is 318 g/mol. The van der Waals surface area contributed by atoms with E-state index in [4.69, 9.17) is 0 Å². The smallest absolute Gasteiger partial charge is 0.0410 e. The summed E-state index contributed by atoms with van der Waals surface area (Å²) in [7, 11) is 0. The van der Waals surface area contributed by atoms with Gasteiger partial charge in [0.05, 0.1) is 0 Å². The van der Waals surface area contributed by atoms with Crippen LogP contribution in [-0.4, -0.2) is 4.98 Å². The lowest BCUT2D eigenvalue weighted by Crippen LogP contribution is -2.12. The van der Waals surface area contributed by atoms with Crippen LogP contribution < -0.4 is 5.32 Å². The molecule has 0 fully saturated rings. The van der Waals surface area contributed by atoms with Gasteiger partial charge in [0.15, 0.2) is 0 Å². The molecule has 1 N–H and O–H groups in total. The number of rotatable bonds is 5. The summed E-state index contributed by atoms with van der Waals surface area (Å²) < 4.78 is 1.02. The van der Waals surface area contributed by atoms with Crippen LogP contribution in [0.5, 0.6) is 0 Å². The molecule has 1 aromatic carbocycles. The van der Waals surface area contributed by atoms with E-state index in [0.717, 1.165) is 17.6 Å². The first-order valence-electron chi connectivity index (χ1n) is 6.54. The van der Waals surface area contributed by atoms with Crippen LogP contribution in [-0.2, 0) is 13.1 Å². The van der Waals surface area contributed by atoms with Gasteiger partial charge in [-0.05, 0) is 44.6 Å². The van der Waals surface area contributed by atoms with Crippen LogP contribution in [0, 0.1) is 0 Å². The van der Waals surface area contributed by atoms with Gasteiger partial charge in [-0.1, -0.05) is 38.1 Å². The predicted molar refractivity (Wildman–Crippen MR) is 83.0 cm³/mol. The quantitative estimate of drug-likeness (QED) is 0.891. The summed E-state index contributed by atoms with van der Waals surface area (Å²) in [6, 6.07) is 10.9. The van der Waals surface area contributed by atoms with E-state index in [1.54, 1.807) is 6.20 Å². The minimum absolute atomic E-state index is 0.592. The lowest BCUT2D eigenvalue weighted by Gasteiger charge is -2.08. The number of hydrogen-bond donors (Lipinski definition) is 1. The molecule has 2 rings (SSSR count). The molecule has 0 radical (unpaired) electrons. The maximum absolute atomic E-state index is 4.15. The van der Waals surface area contributed by atoms with Crippen molar-refractivity contribution in [3.05, 3.63) is 63.9 Å². The van der Waals surface area contributed by atoms with Crippen molar-refractivity contribution in [2.45, 2.75) is 32.9 Å². The van der Waals surface area contributed by atoms with Crippen LogP contribution in [0.2, 0.25) is 0 Å². The Bertz CT molecular complexity index is 521. The fraction of sp³-hybridized carbons (Fsp3) is 0.312. The van der Waals surface area contributed by atoms with Crippen LogP contribution in [0.15, 0.2) is 47.2 Å². The highest BCUT2D eigenvalue weighted by Crippen LogP contribution is 2.14. The summed E-state index contributed by atoms with van der Waals surface area (Å²) in [5.41, 5.74) is 3.89. The zero-order valence-electron chi connectivity index (χ0n) is 11.4. The van der Waals surface area contributed by atoms with Crippen molar-refractivity contribution in [2.24, 2.45) is 0 Å². The molecule has 2 nitrogen and oxygen atoms in total. The molecular formula is C16H19BrN2. The van der Waals surface area contributed by atoms with E-state index >= 15 is 0 Å². The van der Waals surface area contributed by atoms with Gasteiger partial charge in [0.1, 0.15) is 0 Å². The first kappa shape index (κ1) is 14.2. The molecular weight excluding hydrogens is 300 g/mol. The van der Waals surface area contributed by atoms with Gasteiger partial charge in [0.2, 0.25) is 0 Å². The van der Waals surface area contributed by atoms with Crippen molar-refractivity contribution < 1.29 is 0 Å². The first-order chi connectivity index (χ1) is 9.15. The van der Waals surface area contributed by atoms with E-state index < -0.39 is 0 Å². The molecule has 0 amide bonds. The summed E-state index contributed by atoms with van der Waals surface area (Å²) >= 11 is 3.43. The number of nitrogens with zero attached hydrogens (tertiary/aromatic N) is 1. The number of pyridine rings is 1. The standard InChI is InChI=1S/C16H19BrN2/c1-12(2)15-5-3-13(4-6-15)8-18-9-14-7-16(17)11-19-10-14/h3-7,10-12,18H,8-9H2,1-2H3. The second-order valence-corrected chi connectivity index (χ2v) is 5.93. The number of nitrogens with one attached hydrogen (secondary N) is 1. The van der Waals surface area contributed by atoms with Gasteiger partial charge in [-0.15, -0.1) is 0 Å². The van der Waals surface area contributed by atoms with Crippen molar-refractivity contribution >= 4 is 15.9 Å². The lowest BCUT2D eigenvalue weighted by atomic mass is 10.0. The molecule has 0 unspecified atom stereocenters. The number of hydrogen-bond acceptors (Lipinski definition) is 2. The first-order valence-corrected chi connectivity index (χ1v) is 7.33. The van der Waals surface area contributed by atoms with Crippen molar-refractivity contribution in [3.8, 4) is 0 Å². The zero-order valence-corrected chi connectivity index (χ0v) is 12.9. The second-order valence-electron chi connectivity index (χ2n) is 5.01. The molecule has 1 heterocycles. The van der Waals surface area contributed by atoms with Crippen LogP contribution in [0.3, 0.4) is 0 Å². The van der Waals surface area contributed by atoms with Gasteiger partial charge >= 0.3 is 0 Å². The summed E-state index contributed by atoms with van der Waals surface area (Å²) in [5, 5.41) is 3.43. The molecule has 100 valence electrons. The highest BCUT2D eigenvalue weighted by Gasteiger charge is 1.99. The van der Waals surface area contributed by atoms with Crippen LogP contribution in [0.4, 0.5) is 0 Å². The minimum atomic E-state index is 0.592. The Morgan fingerprint density at radius 1 is 1.05 bits per heavy atom. The largest absolute Gasteiger partial charge is 0.309 e. The van der Waals surface area contributed by atoms with Crippen LogP contribution in [0.1, 0.15) is 36.5 Å². The number of benzene rings is 1. The molecule has 0 atom stereocenters. The molecule has 0 aliphatic rings. The molecule has 1 aromatic heterocycles. The number of aromatic nitrogens is 1. The molecule has 19 heavy (non-hydrogen) atoms. The van der Waals surface area contributed by atoms with E-state index in [9.17, 15) is 0 Å². The maximum atomic E-state index is 4.15. The van der Waals surface area contributed by atoms with Crippen LogP contribution >= 0.6 is 15.9 Å². The zero-order chi connectivity index (χ0) is 13.7. The third-order valence-corrected chi connectivity index (χ3v) is 3.50. The lowest BCUT2D eigenvalue weighted by molar-refractivity contribution is 0.690. The molecule has 0 saturated carbocycles. The molecule has 0 saturated heterocycles. The Hall–Kier alpha value is -1.19. The fourth-order valence-corrected chi connectivity index (χ4v) is 2.34. The Labute approximate surface area is 123 Å². The number of halogens is 1. The average molecular weight is 319 g/mol. The van der Waals surface area contributed by atoms with E-state index in [2.05, 4.69) is 70.4 Å². The molecule has 3 heteroatoms.